The maximum atomic E-state index is 10.1. The van der Waals surface area contributed by atoms with E-state index in [4.69, 9.17) is 9.66 Å². The number of rotatable bonds is 4. The van der Waals surface area contributed by atoms with Crippen molar-refractivity contribution in [1.82, 2.24) is 0 Å². The highest BCUT2D eigenvalue weighted by molar-refractivity contribution is 8.10. The molecule has 0 bridgehead atoms. The second-order valence-corrected chi connectivity index (χ2v) is 4.77. The van der Waals surface area contributed by atoms with Crippen LogP contribution in [0, 0.1) is 0 Å². The van der Waals surface area contributed by atoms with E-state index in [1.165, 1.54) is 0 Å². The normalized spacial score (nSPS) is 15.1. The molecule has 62 valence electrons. The fourth-order valence-corrected chi connectivity index (χ4v) is 1.89. The summed E-state index contributed by atoms with van der Waals surface area (Å²) in [6, 6.07) is 0. The summed E-state index contributed by atoms with van der Waals surface area (Å²) < 4.78 is 28.3. The van der Waals surface area contributed by atoms with Gasteiger partial charge in [0.1, 0.15) is 5.08 Å². The van der Waals surface area contributed by atoms with Crippen molar-refractivity contribution in [2.75, 3.05) is 10.8 Å². The zero-order valence-electron chi connectivity index (χ0n) is 5.52. The summed E-state index contributed by atoms with van der Waals surface area (Å²) in [6.45, 7) is 1.55. The van der Waals surface area contributed by atoms with Gasteiger partial charge in [-0.2, -0.15) is 8.42 Å². The molecule has 2 N–H and O–H groups in total. The molecule has 0 saturated heterocycles. The second-order valence-electron chi connectivity index (χ2n) is 1.92. The Morgan fingerprint density at radius 2 is 2.10 bits per heavy atom. The third kappa shape index (κ3) is 8.22. The molecular formula is C4H10O4S2. The Labute approximate surface area is 64.4 Å². The Hall–Kier alpha value is 0.220. The molecule has 0 saturated carbocycles. The van der Waals surface area contributed by atoms with E-state index in [2.05, 4.69) is 0 Å². The minimum Gasteiger partial charge on any atom is -0.393 e. The lowest BCUT2D eigenvalue weighted by Gasteiger charge is -2.00. The minimum absolute atomic E-state index is 0.319. The van der Waals surface area contributed by atoms with Crippen molar-refractivity contribution in [3.63, 3.8) is 0 Å². The van der Waals surface area contributed by atoms with Crippen LogP contribution in [0.5, 0.6) is 0 Å². The average molecular weight is 186 g/mol. The van der Waals surface area contributed by atoms with Gasteiger partial charge < -0.3 is 5.11 Å². The van der Waals surface area contributed by atoms with Crippen LogP contribution in [0.3, 0.4) is 0 Å². The molecule has 0 spiro atoms. The van der Waals surface area contributed by atoms with E-state index in [0.29, 0.717) is 5.75 Å². The molecule has 6 heteroatoms. The van der Waals surface area contributed by atoms with Crippen molar-refractivity contribution in [1.29, 1.82) is 0 Å². The topological polar surface area (TPSA) is 74.6 Å². The van der Waals surface area contributed by atoms with Gasteiger partial charge in [0.25, 0.3) is 10.1 Å². The zero-order chi connectivity index (χ0) is 8.20. The molecule has 1 unspecified atom stereocenters. The van der Waals surface area contributed by atoms with Crippen molar-refractivity contribution >= 4 is 21.9 Å². The number of hydrogen-bond donors (Lipinski definition) is 2. The van der Waals surface area contributed by atoms with Crippen molar-refractivity contribution in [2.45, 2.75) is 13.0 Å². The predicted molar refractivity (Wildman–Crippen MR) is 40.6 cm³/mol. The summed E-state index contributed by atoms with van der Waals surface area (Å²) in [6.07, 6.45) is -0.535. The van der Waals surface area contributed by atoms with Gasteiger partial charge in [-0.3, -0.25) is 4.55 Å². The third-order valence-electron chi connectivity index (χ3n) is 0.591. The molecule has 4 nitrogen and oxygen atoms in total. The van der Waals surface area contributed by atoms with Gasteiger partial charge in [0.15, 0.2) is 0 Å². The first-order chi connectivity index (χ1) is 4.42. The number of hydrogen-bond acceptors (Lipinski definition) is 4. The molecule has 0 amide bonds. The van der Waals surface area contributed by atoms with E-state index < -0.39 is 16.2 Å². The Kier molecular flexibility index (Phi) is 4.26. The van der Waals surface area contributed by atoms with Gasteiger partial charge in [0, 0.05) is 5.75 Å². The number of aliphatic hydroxyl groups is 1. The molecule has 0 aromatic carbocycles. The van der Waals surface area contributed by atoms with Crippen LogP contribution >= 0.6 is 11.8 Å². The maximum absolute atomic E-state index is 10.1. The SMILES string of the molecule is CC(O)CSCS(=O)(=O)O. The van der Waals surface area contributed by atoms with Crippen molar-refractivity contribution in [2.24, 2.45) is 0 Å². The summed E-state index contributed by atoms with van der Waals surface area (Å²) in [5.74, 6) is 0.319. The summed E-state index contributed by atoms with van der Waals surface area (Å²) in [5.41, 5.74) is 0. The first-order valence-corrected chi connectivity index (χ1v) is 5.39. The fourth-order valence-electron chi connectivity index (χ4n) is 0.324. The summed E-state index contributed by atoms with van der Waals surface area (Å²) in [4.78, 5) is 0. The second kappa shape index (κ2) is 4.17. The van der Waals surface area contributed by atoms with E-state index in [9.17, 15) is 8.42 Å². The lowest BCUT2D eigenvalue weighted by Crippen LogP contribution is -2.07. The fraction of sp³-hybridized carbons (Fsp3) is 1.00. The Morgan fingerprint density at radius 3 is 2.40 bits per heavy atom. The summed E-state index contributed by atoms with van der Waals surface area (Å²) >= 11 is 0.980. The van der Waals surface area contributed by atoms with Gasteiger partial charge in [0.2, 0.25) is 0 Å². The smallest absolute Gasteiger partial charge is 0.274 e. The van der Waals surface area contributed by atoms with Gasteiger partial charge in [-0.05, 0) is 6.92 Å². The van der Waals surface area contributed by atoms with Crippen molar-refractivity contribution in [3.8, 4) is 0 Å². The van der Waals surface area contributed by atoms with Crippen LogP contribution in [0.4, 0.5) is 0 Å². The number of thioether (sulfide) groups is 1. The highest BCUT2D eigenvalue weighted by Gasteiger charge is 2.04. The third-order valence-corrected chi connectivity index (χ3v) is 3.17. The molecular weight excluding hydrogens is 176 g/mol. The van der Waals surface area contributed by atoms with E-state index in [1.54, 1.807) is 6.92 Å². The molecule has 0 aliphatic heterocycles. The lowest BCUT2D eigenvalue weighted by atomic mass is 10.5. The average Bonchev–Trinajstić information content (AvgIpc) is 1.59. The Bertz CT molecular complexity index is 172. The monoisotopic (exact) mass is 186 g/mol. The van der Waals surface area contributed by atoms with Crippen LogP contribution in [0.15, 0.2) is 0 Å². The van der Waals surface area contributed by atoms with E-state index >= 15 is 0 Å². The van der Waals surface area contributed by atoms with Crippen molar-refractivity contribution in [3.05, 3.63) is 0 Å². The van der Waals surface area contributed by atoms with Crippen LogP contribution < -0.4 is 0 Å². The molecule has 0 heterocycles. The molecule has 0 aromatic rings. The Morgan fingerprint density at radius 1 is 1.60 bits per heavy atom. The highest BCUT2D eigenvalue weighted by Crippen LogP contribution is 2.05. The first-order valence-electron chi connectivity index (χ1n) is 2.63. The number of aliphatic hydroxyl groups excluding tert-OH is 1. The van der Waals surface area contributed by atoms with Gasteiger partial charge in [-0.25, -0.2) is 0 Å². The Balaban J connectivity index is 3.39. The van der Waals surface area contributed by atoms with Crippen LogP contribution in [0.1, 0.15) is 6.92 Å². The van der Waals surface area contributed by atoms with Gasteiger partial charge in [0.05, 0.1) is 6.10 Å². The lowest BCUT2D eigenvalue weighted by molar-refractivity contribution is 0.220. The standard InChI is InChI=1S/C4H10O4S2/c1-4(5)2-9-3-10(6,7)8/h4-5H,2-3H2,1H3,(H,6,7,8). The predicted octanol–water partition coefficient (Wildman–Crippen LogP) is -0.0543. The molecule has 0 fully saturated rings. The largest absolute Gasteiger partial charge is 0.393 e. The van der Waals surface area contributed by atoms with E-state index in [0.717, 1.165) is 11.8 Å². The van der Waals surface area contributed by atoms with Gasteiger partial charge in [-0.15, -0.1) is 11.8 Å². The van der Waals surface area contributed by atoms with Crippen LogP contribution in [-0.2, 0) is 10.1 Å². The quantitative estimate of drug-likeness (QED) is 0.602. The zero-order valence-corrected chi connectivity index (χ0v) is 7.15. The first kappa shape index (κ1) is 10.2. The molecule has 1 atom stereocenters. The van der Waals surface area contributed by atoms with Crippen LogP contribution in [0.2, 0.25) is 0 Å². The molecule has 0 radical (unpaired) electrons. The summed E-state index contributed by atoms with van der Waals surface area (Å²) in [5, 5.41) is 8.30. The summed E-state index contributed by atoms with van der Waals surface area (Å²) in [7, 11) is -3.87. The molecule has 0 aliphatic rings. The van der Waals surface area contributed by atoms with Crippen LogP contribution in [-0.4, -0.2) is 35.0 Å². The molecule has 10 heavy (non-hydrogen) atoms. The van der Waals surface area contributed by atoms with Crippen molar-refractivity contribution < 1.29 is 18.1 Å². The van der Waals surface area contributed by atoms with Gasteiger partial charge in [-0.1, -0.05) is 0 Å². The van der Waals surface area contributed by atoms with E-state index in [1.807, 2.05) is 0 Å². The van der Waals surface area contributed by atoms with Gasteiger partial charge >= 0.3 is 0 Å². The highest BCUT2D eigenvalue weighted by atomic mass is 32.3. The molecule has 0 aromatic heterocycles. The molecule has 0 rings (SSSR count). The minimum atomic E-state index is -3.87. The maximum Gasteiger partial charge on any atom is 0.274 e. The van der Waals surface area contributed by atoms with Crippen LogP contribution in [0.25, 0.3) is 0 Å². The van der Waals surface area contributed by atoms with E-state index in [-0.39, 0.29) is 5.08 Å². The molecule has 0 aliphatic carbocycles.